The second-order valence-electron chi connectivity index (χ2n) is 4.86. The van der Waals surface area contributed by atoms with Crippen molar-refractivity contribution in [1.29, 1.82) is 0 Å². The first-order valence-corrected chi connectivity index (χ1v) is 6.20. The van der Waals surface area contributed by atoms with Gasteiger partial charge >= 0.3 is 0 Å². The molecular formula is C13H16N4O. The van der Waals surface area contributed by atoms with Crippen molar-refractivity contribution in [1.82, 2.24) is 19.7 Å². The summed E-state index contributed by atoms with van der Waals surface area (Å²) in [7, 11) is 1.90. The number of aromatic amines is 1. The zero-order valence-corrected chi connectivity index (χ0v) is 10.9. The van der Waals surface area contributed by atoms with Crippen LogP contribution in [0.15, 0.2) is 4.79 Å². The van der Waals surface area contributed by atoms with Crippen molar-refractivity contribution in [3.63, 3.8) is 0 Å². The molecule has 94 valence electrons. The number of nitrogens with one attached hydrogen (secondary N) is 1. The Hall–Kier alpha value is -1.91. The van der Waals surface area contributed by atoms with E-state index in [9.17, 15) is 4.79 Å². The van der Waals surface area contributed by atoms with E-state index in [-0.39, 0.29) is 5.56 Å². The molecule has 1 N–H and O–H groups in total. The molecule has 0 spiro atoms. The Morgan fingerprint density at radius 3 is 2.72 bits per heavy atom. The molecule has 0 unspecified atom stereocenters. The fourth-order valence-electron chi connectivity index (χ4n) is 2.68. The summed E-state index contributed by atoms with van der Waals surface area (Å²) in [4.78, 5) is 19.5. The van der Waals surface area contributed by atoms with Gasteiger partial charge in [0.15, 0.2) is 0 Å². The molecule has 2 heterocycles. The highest BCUT2D eigenvalue weighted by Crippen LogP contribution is 2.24. The molecule has 0 fully saturated rings. The number of rotatable bonds is 1. The van der Waals surface area contributed by atoms with Crippen LogP contribution in [0.3, 0.4) is 0 Å². The van der Waals surface area contributed by atoms with Crippen LogP contribution in [-0.2, 0) is 19.9 Å². The minimum atomic E-state index is 0.00940. The van der Waals surface area contributed by atoms with Crippen LogP contribution in [0.25, 0.3) is 11.4 Å². The smallest absolute Gasteiger partial charge is 0.254 e. The van der Waals surface area contributed by atoms with Crippen molar-refractivity contribution < 1.29 is 0 Å². The summed E-state index contributed by atoms with van der Waals surface area (Å²) < 4.78 is 1.82. The molecule has 5 nitrogen and oxygen atoms in total. The summed E-state index contributed by atoms with van der Waals surface area (Å²) in [6.07, 6.45) is 2.79. The molecule has 0 amide bonds. The maximum absolute atomic E-state index is 12.0. The summed E-state index contributed by atoms with van der Waals surface area (Å²) in [5, 5.41) is 4.36. The zero-order chi connectivity index (χ0) is 12.9. The molecule has 5 heteroatoms. The van der Waals surface area contributed by atoms with E-state index in [0.717, 1.165) is 47.5 Å². The van der Waals surface area contributed by atoms with Crippen LogP contribution in [0, 0.1) is 13.8 Å². The Kier molecular flexibility index (Phi) is 2.36. The molecule has 2 aromatic heterocycles. The van der Waals surface area contributed by atoms with Gasteiger partial charge in [0.05, 0.1) is 17.0 Å². The lowest BCUT2D eigenvalue weighted by Crippen LogP contribution is -2.15. The molecule has 0 saturated carbocycles. The van der Waals surface area contributed by atoms with E-state index < -0.39 is 0 Å². The van der Waals surface area contributed by atoms with Crippen LogP contribution in [0.4, 0.5) is 0 Å². The molecule has 0 saturated heterocycles. The Morgan fingerprint density at radius 2 is 2.06 bits per heavy atom. The minimum absolute atomic E-state index is 0.00940. The van der Waals surface area contributed by atoms with Crippen molar-refractivity contribution >= 4 is 0 Å². The molecule has 0 aromatic carbocycles. The highest BCUT2D eigenvalue weighted by atomic mass is 16.1. The first-order valence-electron chi connectivity index (χ1n) is 6.20. The average molecular weight is 244 g/mol. The Balaban J connectivity index is 2.24. The van der Waals surface area contributed by atoms with E-state index in [4.69, 9.17) is 0 Å². The van der Waals surface area contributed by atoms with Crippen molar-refractivity contribution in [3.05, 3.63) is 33.0 Å². The van der Waals surface area contributed by atoms with Crippen molar-refractivity contribution in [2.45, 2.75) is 33.1 Å². The van der Waals surface area contributed by atoms with Gasteiger partial charge in [-0.25, -0.2) is 4.98 Å². The number of nitrogens with zero attached hydrogens (tertiary/aromatic N) is 3. The van der Waals surface area contributed by atoms with Gasteiger partial charge in [-0.1, -0.05) is 0 Å². The molecule has 2 aromatic rings. The van der Waals surface area contributed by atoms with Gasteiger partial charge in [0.25, 0.3) is 5.56 Å². The van der Waals surface area contributed by atoms with E-state index in [2.05, 4.69) is 15.1 Å². The second kappa shape index (κ2) is 3.80. The van der Waals surface area contributed by atoms with Crippen molar-refractivity contribution in [2.75, 3.05) is 0 Å². The number of fused-ring (bicyclic) bond motifs is 1. The first kappa shape index (κ1) is 11.2. The minimum Gasteiger partial charge on any atom is -0.306 e. The third kappa shape index (κ3) is 1.50. The lowest BCUT2D eigenvalue weighted by atomic mass is 10.1. The van der Waals surface area contributed by atoms with E-state index >= 15 is 0 Å². The van der Waals surface area contributed by atoms with Crippen LogP contribution in [-0.4, -0.2) is 19.7 Å². The van der Waals surface area contributed by atoms with Crippen molar-refractivity contribution in [2.24, 2.45) is 7.05 Å². The predicted octanol–water partition coefficient (Wildman–Crippen LogP) is 1.28. The summed E-state index contributed by atoms with van der Waals surface area (Å²) in [6, 6.07) is 0. The summed E-state index contributed by atoms with van der Waals surface area (Å²) >= 11 is 0. The summed E-state index contributed by atoms with van der Waals surface area (Å²) in [5.41, 5.74) is 4.69. The number of hydrogen-bond donors (Lipinski definition) is 1. The monoisotopic (exact) mass is 244 g/mol. The number of hydrogen-bond acceptors (Lipinski definition) is 3. The van der Waals surface area contributed by atoms with E-state index in [1.54, 1.807) is 0 Å². The Labute approximate surface area is 105 Å². The topological polar surface area (TPSA) is 63.6 Å². The quantitative estimate of drug-likeness (QED) is 0.821. The molecule has 0 atom stereocenters. The molecular weight excluding hydrogens is 228 g/mol. The van der Waals surface area contributed by atoms with Crippen LogP contribution in [0.1, 0.15) is 29.1 Å². The van der Waals surface area contributed by atoms with Gasteiger partial charge in [-0.3, -0.25) is 9.48 Å². The highest BCUT2D eigenvalue weighted by Gasteiger charge is 2.20. The van der Waals surface area contributed by atoms with E-state index in [0.29, 0.717) is 5.82 Å². The fraction of sp³-hybridized carbons (Fsp3) is 0.462. The zero-order valence-electron chi connectivity index (χ0n) is 10.9. The maximum Gasteiger partial charge on any atom is 0.254 e. The summed E-state index contributed by atoms with van der Waals surface area (Å²) in [6.45, 7) is 3.93. The van der Waals surface area contributed by atoms with Crippen LogP contribution in [0.5, 0.6) is 0 Å². The van der Waals surface area contributed by atoms with Gasteiger partial charge in [0, 0.05) is 18.3 Å². The standard InChI is InChI=1S/C13H16N4O/c1-7-11(8(2)17(3)16-7)12-14-10-6-4-5-9(10)13(18)15-12/h4-6H2,1-3H3,(H,14,15,18). The van der Waals surface area contributed by atoms with Gasteiger partial charge in [0.1, 0.15) is 5.82 Å². The fourth-order valence-corrected chi connectivity index (χ4v) is 2.68. The SMILES string of the molecule is Cc1nn(C)c(C)c1-c1nc2c(c(=O)[nH]1)CCC2. The number of H-pyrrole nitrogens is 1. The molecule has 1 aliphatic carbocycles. The van der Waals surface area contributed by atoms with Gasteiger partial charge in [-0.2, -0.15) is 5.10 Å². The second-order valence-corrected chi connectivity index (χ2v) is 4.86. The lowest BCUT2D eigenvalue weighted by molar-refractivity contribution is 0.731. The van der Waals surface area contributed by atoms with E-state index in [1.807, 2.05) is 25.6 Å². The summed E-state index contributed by atoms with van der Waals surface area (Å²) in [5.74, 6) is 0.656. The molecule has 0 bridgehead atoms. The third-order valence-corrected chi connectivity index (χ3v) is 3.69. The highest BCUT2D eigenvalue weighted by molar-refractivity contribution is 5.61. The Bertz CT molecular complexity index is 681. The first-order chi connectivity index (χ1) is 8.58. The van der Waals surface area contributed by atoms with Gasteiger partial charge in [-0.15, -0.1) is 0 Å². The maximum atomic E-state index is 12.0. The van der Waals surface area contributed by atoms with Crippen LogP contribution in [0.2, 0.25) is 0 Å². The Morgan fingerprint density at radius 1 is 1.28 bits per heavy atom. The van der Waals surface area contributed by atoms with Gasteiger partial charge in [0.2, 0.25) is 0 Å². The van der Waals surface area contributed by atoms with E-state index in [1.165, 1.54) is 0 Å². The molecule has 0 radical (unpaired) electrons. The molecule has 1 aliphatic rings. The molecule has 3 rings (SSSR count). The van der Waals surface area contributed by atoms with Crippen molar-refractivity contribution in [3.8, 4) is 11.4 Å². The normalized spacial score (nSPS) is 13.9. The predicted molar refractivity (Wildman–Crippen MR) is 68.6 cm³/mol. The van der Waals surface area contributed by atoms with Crippen LogP contribution >= 0.6 is 0 Å². The average Bonchev–Trinajstić information content (AvgIpc) is 2.85. The van der Waals surface area contributed by atoms with Crippen LogP contribution < -0.4 is 5.56 Å². The molecule has 0 aliphatic heterocycles. The molecule has 18 heavy (non-hydrogen) atoms. The number of aryl methyl sites for hydroxylation is 3. The lowest BCUT2D eigenvalue weighted by Gasteiger charge is -2.04. The largest absolute Gasteiger partial charge is 0.306 e. The number of aromatic nitrogens is 4. The van der Waals surface area contributed by atoms with Gasteiger partial charge in [-0.05, 0) is 33.1 Å². The van der Waals surface area contributed by atoms with Gasteiger partial charge < -0.3 is 4.98 Å². The third-order valence-electron chi connectivity index (χ3n) is 3.69.